The van der Waals surface area contributed by atoms with Gasteiger partial charge in [0, 0.05) is 0 Å². The van der Waals surface area contributed by atoms with Crippen LogP contribution in [0.3, 0.4) is 0 Å². The van der Waals surface area contributed by atoms with Gasteiger partial charge in [-0.15, -0.1) is 0 Å². The van der Waals surface area contributed by atoms with Crippen molar-refractivity contribution in [3.8, 4) is 0 Å². The van der Waals surface area contributed by atoms with Crippen molar-refractivity contribution >= 4 is 37.5 Å². The van der Waals surface area contributed by atoms with E-state index in [0.29, 0.717) is 11.1 Å². The Morgan fingerprint density at radius 1 is 0.574 bits per heavy atom. The van der Waals surface area contributed by atoms with E-state index in [2.05, 4.69) is 0 Å². The van der Waals surface area contributed by atoms with E-state index in [0.717, 1.165) is 10.9 Å². The predicted molar refractivity (Wildman–Crippen MR) is 211 cm³/mol. The van der Waals surface area contributed by atoms with Gasteiger partial charge >= 0.3 is 26.5 Å². The molecule has 0 aliphatic carbocycles. The van der Waals surface area contributed by atoms with Gasteiger partial charge in [0.25, 0.3) is 0 Å². The van der Waals surface area contributed by atoms with Gasteiger partial charge in [-0.25, -0.2) is 9.59 Å². The molecule has 0 bridgehead atoms. The van der Waals surface area contributed by atoms with Crippen molar-refractivity contribution in [3.63, 3.8) is 0 Å². The SMILES string of the molecule is CC1(C)OB(c2ccc(COC(=O)O[C@@H]3C(CO[C@H]4OC(CO)[C@@H](O)[C@H](OC(=O)OCc5ccc(B6OC(C)(C)C(C)(C)O6)cc5)C4O)O[C@H](O)C(O)[C@H]3O)cc2)OC1(C)C. The highest BCUT2D eigenvalue weighted by Crippen LogP contribution is 2.38. The van der Waals surface area contributed by atoms with Crippen LogP contribution in [0.5, 0.6) is 0 Å². The molecular formula is C40H56B2O19. The normalized spacial score (nSPS) is 32.6. The molecule has 4 unspecified atom stereocenters. The van der Waals surface area contributed by atoms with Crippen molar-refractivity contribution in [1.29, 1.82) is 0 Å². The molecule has 4 aliphatic rings. The molecule has 4 fully saturated rings. The lowest BCUT2D eigenvalue weighted by atomic mass is 9.79. The molecule has 0 aromatic heterocycles. The van der Waals surface area contributed by atoms with E-state index in [-0.39, 0.29) is 13.2 Å². The van der Waals surface area contributed by atoms with E-state index in [9.17, 15) is 40.2 Å². The lowest BCUT2D eigenvalue weighted by Crippen LogP contribution is -2.62. The zero-order valence-electron chi connectivity index (χ0n) is 35.4. The minimum atomic E-state index is -1.95. The molecule has 336 valence electrons. The van der Waals surface area contributed by atoms with Crippen LogP contribution >= 0.6 is 0 Å². The number of carbonyl (C=O) groups excluding carboxylic acids is 2. The van der Waals surface area contributed by atoms with Crippen LogP contribution in [-0.4, -0.2) is 154 Å². The first-order chi connectivity index (χ1) is 28.5. The largest absolute Gasteiger partial charge is 0.509 e. The fourth-order valence-corrected chi connectivity index (χ4v) is 6.79. The number of hydrogen-bond acceptors (Lipinski definition) is 19. The number of hydrogen-bond donors (Lipinski definition) is 6. The van der Waals surface area contributed by atoms with Crippen LogP contribution in [0, 0.1) is 0 Å². The van der Waals surface area contributed by atoms with Crippen molar-refractivity contribution in [2.45, 2.75) is 152 Å². The van der Waals surface area contributed by atoms with Crippen molar-refractivity contribution in [2.24, 2.45) is 0 Å². The summed E-state index contributed by atoms with van der Waals surface area (Å²) in [6.45, 7) is 13.6. The minimum absolute atomic E-state index is 0.241. The summed E-state index contributed by atoms with van der Waals surface area (Å²) in [6, 6.07) is 13.9. The van der Waals surface area contributed by atoms with E-state index in [1.54, 1.807) is 48.5 Å². The summed E-state index contributed by atoms with van der Waals surface area (Å²) in [7, 11) is -1.18. The number of benzene rings is 2. The van der Waals surface area contributed by atoms with Crippen LogP contribution in [0.2, 0.25) is 0 Å². The summed E-state index contributed by atoms with van der Waals surface area (Å²) in [6.07, 6.45) is -19.9. The van der Waals surface area contributed by atoms with Crippen LogP contribution in [0.1, 0.15) is 66.5 Å². The second kappa shape index (κ2) is 18.4. The second-order valence-electron chi connectivity index (χ2n) is 17.5. The van der Waals surface area contributed by atoms with Crippen LogP contribution in [0.4, 0.5) is 9.59 Å². The lowest BCUT2D eigenvalue weighted by molar-refractivity contribution is -0.326. The third kappa shape index (κ3) is 10.4. The maximum Gasteiger partial charge on any atom is 0.509 e. The Labute approximate surface area is 354 Å². The highest BCUT2D eigenvalue weighted by atomic mass is 16.8. The maximum atomic E-state index is 12.8. The zero-order chi connectivity index (χ0) is 44.7. The van der Waals surface area contributed by atoms with Gasteiger partial charge in [-0.05, 0) is 77.4 Å². The Bertz CT molecular complexity index is 1780. The van der Waals surface area contributed by atoms with E-state index < -0.39 is 124 Å². The van der Waals surface area contributed by atoms with Crippen molar-refractivity contribution in [3.05, 3.63) is 59.7 Å². The first-order valence-corrected chi connectivity index (χ1v) is 20.0. The molecule has 0 amide bonds. The van der Waals surface area contributed by atoms with Crippen molar-refractivity contribution in [2.75, 3.05) is 13.2 Å². The summed E-state index contributed by atoms with van der Waals surface area (Å²) in [4.78, 5) is 25.6. The molecule has 2 aromatic rings. The smallest absolute Gasteiger partial charge is 0.429 e. The topological polar surface area (TPSA) is 257 Å². The van der Waals surface area contributed by atoms with Gasteiger partial charge in [0.15, 0.2) is 24.8 Å². The van der Waals surface area contributed by atoms with Gasteiger partial charge < -0.3 is 82.4 Å². The van der Waals surface area contributed by atoms with Crippen molar-refractivity contribution < 1.29 is 92.0 Å². The van der Waals surface area contributed by atoms with Gasteiger partial charge in [-0.1, -0.05) is 48.5 Å². The molecule has 61 heavy (non-hydrogen) atoms. The van der Waals surface area contributed by atoms with Gasteiger partial charge in [0.2, 0.25) is 0 Å². The summed E-state index contributed by atoms with van der Waals surface area (Å²) in [5.74, 6) is 0. The molecule has 0 saturated carbocycles. The standard InChI is InChI=1S/C40H56B2O19/c1-37(2)38(3,4)59-41(58-37)23-13-9-21(10-14-23)18-52-35(49)56-31-26(54-33(48)29(46)28(31)45)20-51-34-30(47)32(27(44)25(17-43)55-34)57-36(50)53-19-22-11-15-24(16-12-22)42-60-39(5,6)40(7,8)61-42/h9-16,25-34,43-48H,17-20H2,1-8H3/t25?,26?,27-,28-,29?,30?,31-,32+,33+,34+/m1/s1. The van der Waals surface area contributed by atoms with E-state index in [1.807, 2.05) is 55.4 Å². The molecule has 4 aliphatic heterocycles. The highest BCUT2D eigenvalue weighted by molar-refractivity contribution is 6.62. The molecule has 4 heterocycles. The number of ether oxygens (including phenoxy) is 7. The average molecular weight is 862 g/mol. The maximum absolute atomic E-state index is 12.8. The molecule has 2 aromatic carbocycles. The summed E-state index contributed by atoms with van der Waals surface area (Å²) in [5.41, 5.74) is 0.550. The lowest BCUT2D eigenvalue weighted by Gasteiger charge is -2.43. The van der Waals surface area contributed by atoms with E-state index in [1.165, 1.54) is 0 Å². The molecule has 0 radical (unpaired) electrons. The van der Waals surface area contributed by atoms with Crippen LogP contribution in [0.25, 0.3) is 0 Å². The molecule has 19 nitrogen and oxygen atoms in total. The molecule has 10 atom stereocenters. The molecular weight excluding hydrogens is 806 g/mol. The second-order valence-corrected chi connectivity index (χ2v) is 17.5. The summed E-state index contributed by atoms with van der Waals surface area (Å²) in [5, 5.41) is 63.1. The molecule has 0 spiro atoms. The Kier molecular flexibility index (Phi) is 14.2. The average Bonchev–Trinajstić information content (AvgIpc) is 3.57. The van der Waals surface area contributed by atoms with Crippen molar-refractivity contribution in [1.82, 2.24) is 0 Å². The van der Waals surface area contributed by atoms with E-state index >= 15 is 0 Å². The third-order valence-corrected chi connectivity index (χ3v) is 12.1. The van der Waals surface area contributed by atoms with Crippen LogP contribution in [-0.2, 0) is 65.0 Å². The highest BCUT2D eigenvalue weighted by Gasteiger charge is 2.54. The Morgan fingerprint density at radius 2 is 1.00 bits per heavy atom. The van der Waals surface area contributed by atoms with Gasteiger partial charge in [-0.2, -0.15) is 0 Å². The Hall–Kier alpha value is -3.41. The predicted octanol–water partition coefficient (Wildman–Crippen LogP) is -0.0766. The minimum Gasteiger partial charge on any atom is -0.429 e. The summed E-state index contributed by atoms with van der Waals surface area (Å²) >= 11 is 0. The van der Waals surface area contributed by atoms with Crippen LogP contribution < -0.4 is 10.9 Å². The summed E-state index contributed by atoms with van der Waals surface area (Å²) < 4.78 is 61.9. The van der Waals surface area contributed by atoms with E-state index in [4.69, 9.17) is 51.8 Å². The zero-order valence-corrected chi connectivity index (χ0v) is 35.4. The molecule has 4 saturated heterocycles. The van der Waals surface area contributed by atoms with Gasteiger partial charge in [0.05, 0.1) is 35.6 Å². The Morgan fingerprint density at radius 3 is 1.43 bits per heavy atom. The first kappa shape index (κ1) is 47.1. The van der Waals surface area contributed by atoms with Crippen LogP contribution in [0.15, 0.2) is 48.5 Å². The van der Waals surface area contributed by atoms with Gasteiger partial charge in [0.1, 0.15) is 49.8 Å². The first-order valence-electron chi connectivity index (χ1n) is 20.0. The number of aliphatic hydroxyl groups excluding tert-OH is 6. The number of rotatable bonds is 12. The number of aliphatic hydroxyl groups is 6. The third-order valence-electron chi connectivity index (χ3n) is 12.1. The molecule has 21 heteroatoms. The molecule has 6 rings (SSSR count). The quantitative estimate of drug-likeness (QED) is 0.121. The Balaban J connectivity index is 1.01. The monoisotopic (exact) mass is 862 g/mol. The fraction of sp³-hybridized carbons (Fsp3) is 0.650. The number of carbonyl (C=O) groups is 2. The molecule has 6 N–H and O–H groups in total. The fourth-order valence-electron chi connectivity index (χ4n) is 6.79. The van der Waals surface area contributed by atoms with Gasteiger partial charge in [-0.3, -0.25) is 0 Å².